The Balaban J connectivity index is 1.66. The van der Waals surface area contributed by atoms with E-state index in [1.54, 1.807) is 23.6 Å². The van der Waals surface area contributed by atoms with Crippen molar-refractivity contribution in [3.63, 3.8) is 0 Å². The first-order valence-electron chi connectivity index (χ1n) is 11.8. The first-order valence-corrected chi connectivity index (χ1v) is 12.7. The number of thiazole rings is 1. The molecular formula is C27H27F3N2O5S. The zero-order chi connectivity index (χ0) is 27.7. The van der Waals surface area contributed by atoms with Crippen molar-refractivity contribution in [3.8, 4) is 11.3 Å². The third-order valence-electron chi connectivity index (χ3n) is 5.41. The summed E-state index contributed by atoms with van der Waals surface area (Å²) in [4.78, 5) is 27.7. The number of hydrogen-bond donors (Lipinski definition) is 2. The molecule has 1 aromatic heterocycles. The Morgan fingerprint density at radius 3 is 2.45 bits per heavy atom. The number of aliphatic carboxylic acids is 1. The van der Waals surface area contributed by atoms with Gasteiger partial charge in [0.15, 0.2) is 5.13 Å². The summed E-state index contributed by atoms with van der Waals surface area (Å²) >= 11 is 1.02. The molecule has 0 atom stereocenters. The minimum Gasteiger partial charge on any atom is -0.478 e. The third kappa shape index (κ3) is 7.73. The molecular weight excluding hydrogens is 521 g/mol. The highest BCUT2D eigenvalue weighted by Gasteiger charge is 2.18. The van der Waals surface area contributed by atoms with Crippen LogP contribution in [0.1, 0.15) is 48.2 Å². The van der Waals surface area contributed by atoms with Crippen LogP contribution < -0.4 is 5.32 Å². The summed E-state index contributed by atoms with van der Waals surface area (Å²) in [5, 5.41) is 13.0. The number of carbonyl (C=O) groups excluding carboxylic acids is 1. The van der Waals surface area contributed by atoms with E-state index in [4.69, 9.17) is 14.6 Å². The van der Waals surface area contributed by atoms with Gasteiger partial charge in [-0.1, -0.05) is 12.1 Å². The highest BCUT2D eigenvalue weighted by atomic mass is 32.1. The molecule has 2 aromatic carbocycles. The Morgan fingerprint density at radius 2 is 1.79 bits per heavy atom. The standard InChI is InChI=1S/C27H27F3N2O5S/c1-3-36-9-4-5-10-37-14-17-7-6-8-19(24(17)30)23-15-38-27(31-23)32-25(33)18-12-21(28)20(22(29)13-18)11-16(2)26(34)35/h6-8,11-13,15H,3-5,9-10,14H2,1-2H3,(H,34,35)(H,31,32,33). The predicted molar refractivity (Wildman–Crippen MR) is 138 cm³/mol. The molecule has 0 radical (unpaired) electrons. The van der Waals surface area contributed by atoms with E-state index in [2.05, 4.69) is 10.3 Å². The molecule has 202 valence electrons. The minimum absolute atomic E-state index is 0.0936. The van der Waals surface area contributed by atoms with Crippen LogP contribution in [0, 0.1) is 17.5 Å². The number of halogens is 3. The number of aromatic nitrogens is 1. The van der Waals surface area contributed by atoms with E-state index < -0.39 is 34.9 Å². The highest BCUT2D eigenvalue weighted by molar-refractivity contribution is 7.14. The zero-order valence-electron chi connectivity index (χ0n) is 20.9. The molecule has 0 aliphatic carbocycles. The Hall–Kier alpha value is -3.54. The number of hydrogen-bond acceptors (Lipinski definition) is 6. The summed E-state index contributed by atoms with van der Waals surface area (Å²) in [5.74, 6) is -4.83. The average Bonchev–Trinajstić information content (AvgIpc) is 3.34. The van der Waals surface area contributed by atoms with Gasteiger partial charge in [0, 0.05) is 53.0 Å². The second-order valence-electron chi connectivity index (χ2n) is 8.21. The number of amides is 1. The molecule has 0 bridgehead atoms. The van der Waals surface area contributed by atoms with Gasteiger partial charge in [0.05, 0.1) is 12.3 Å². The molecule has 0 aliphatic heterocycles. The van der Waals surface area contributed by atoms with Crippen molar-refractivity contribution in [2.75, 3.05) is 25.1 Å². The maximum absolute atomic E-state index is 15.1. The average molecular weight is 549 g/mol. The third-order valence-corrected chi connectivity index (χ3v) is 6.17. The Labute approximate surface area is 221 Å². The summed E-state index contributed by atoms with van der Waals surface area (Å²) in [6.45, 7) is 5.01. The fourth-order valence-corrected chi connectivity index (χ4v) is 4.09. The van der Waals surface area contributed by atoms with Crippen molar-refractivity contribution < 1.29 is 37.3 Å². The van der Waals surface area contributed by atoms with Gasteiger partial charge in [-0.25, -0.2) is 22.9 Å². The van der Waals surface area contributed by atoms with Gasteiger partial charge in [-0.05, 0) is 51.0 Å². The van der Waals surface area contributed by atoms with Gasteiger partial charge < -0.3 is 14.6 Å². The van der Waals surface area contributed by atoms with Crippen molar-refractivity contribution in [2.24, 2.45) is 0 Å². The Bertz CT molecular complexity index is 1300. The molecule has 0 unspecified atom stereocenters. The molecule has 1 heterocycles. The maximum Gasteiger partial charge on any atom is 0.331 e. The minimum atomic E-state index is -1.33. The van der Waals surface area contributed by atoms with Crippen LogP contribution in [0.4, 0.5) is 18.3 Å². The monoisotopic (exact) mass is 548 g/mol. The van der Waals surface area contributed by atoms with E-state index in [0.717, 1.165) is 42.4 Å². The van der Waals surface area contributed by atoms with Crippen molar-refractivity contribution in [1.82, 2.24) is 4.98 Å². The van der Waals surface area contributed by atoms with Gasteiger partial charge >= 0.3 is 5.97 Å². The van der Waals surface area contributed by atoms with Gasteiger partial charge in [-0.15, -0.1) is 11.3 Å². The molecule has 1 amide bonds. The second kappa shape index (κ2) is 13.8. The van der Waals surface area contributed by atoms with Crippen LogP contribution in [0.5, 0.6) is 0 Å². The van der Waals surface area contributed by atoms with Crippen molar-refractivity contribution in [2.45, 2.75) is 33.3 Å². The van der Waals surface area contributed by atoms with Crippen LogP contribution in [0.2, 0.25) is 0 Å². The molecule has 3 rings (SSSR count). The smallest absolute Gasteiger partial charge is 0.331 e. The molecule has 11 heteroatoms. The highest BCUT2D eigenvalue weighted by Crippen LogP contribution is 2.29. The number of ether oxygens (including phenoxy) is 2. The van der Waals surface area contributed by atoms with Gasteiger partial charge in [-0.2, -0.15) is 0 Å². The lowest BCUT2D eigenvalue weighted by atomic mass is 10.1. The second-order valence-corrected chi connectivity index (χ2v) is 9.07. The van der Waals surface area contributed by atoms with Crippen LogP contribution in [0.15, 0.2) is 41.3 Å². The fourth-order valence-electron chi connectivity index (χ4n) is 3.38. The van der Waals surface area contributed by atoms with E-state index in [0.29, 0.717) is 25.4 Å². The summed E-state index contributed by atoms with van der Waals surface area (Å²) in [5.41, 5.74) is -0.291. The van der Waals surface area contributed by atoms with E-state index in [1.165, 1.54) is 6.92 Å². The van der Waals surface area contributed by atoms with Gasteiger partial charge in [0.1, 0.15) is 17.5 Å². The number of rotatable bonds is 13. The number of unbranched alkanes of at least 4 members (excludes halogenated alkanes) is 1. The van der Waals surface area contributed by atoms with Crippen LogP contribution in [0.3, 0.4) is 0 Å². The molecule has 0 spiro atoms. The topological polar surface area (TPSA) is 97.8 Å². The van der Waals surface area contributed by atoms with E-state index in [9.17, 15) is 18.4 Å². The van der Waals surface area contributed by atoms with E-state index in [1.807, 2.05) is 6.92 Å². The lowest BCUT2D eigenvalue weighted by Gasteiger charge is -2.08. The maximum atomic E-state index is 15.1. The predicted octanol–water partition coefficient (Wildman–Crippen LogP) is 6.30. The quantitative estimate of drug-likeness (QED) is 0.192. The number of nitrogens with one attached hydrogen (secondary N) is 1. The van der Waals surface area contributed by atoms with Crippen LogP contribution in [0.25, 0.3) is 17.3 Å². The van der Waals surface area contributed by atoms with Crippen molar-refractivity contribution >= 4 is 34.4 Å². The molecule has 0 fully saturated rings. The Kier molecular flexibility index (Phi) is 10.6. The lowest BCUT2D eigenvalue weighted by Crippen LogP contribution is -2.13. The molecule has 0 saturated heterocycles. The normalized spacial score (nSPS) is 11.6. The molecule has 7 nitrogen and oxygen atoms in total. The van der Waals surface area contributed by atoms with Crippen LogP contribution in [-0.2, 0) is 20.9 Å². The number of carboxylic acid groups (broad SMARTS) is 1. The summed E-state index contributed by atoms with van der Waals surface area (Å²) in [7, 11) is 0. The number of carbonyl (C=O) groups is 2. The zero-order valence-corrected chi connectivity index (χ0v) is 21.7. The SMILES string of the molecule is CCOCCCCOCc1cccc(-c2csc(NC(=O)c3cc(F)c(C=C(C)C(=O)O)c(F)c3)n2)c1F. The Morgan fingerprint density at radius 1 is 1.11 bits per heavy atom. The van der Waals surface area contributed by atoms with E-state index >= 15 is 4.39 Å². The van der Waals surface area contributed by atoms with E-state index in [-0.39, 0.29) is 34.1 Å². The molecule has 2 N–H and O–H groups in total. The molecule has 0 saturated carbocycles. The number of nitrogens with zero attached hydrogens (tertiary/aromatic N) is 1. The largest absolute Gasteiger partial charge is 0.478 e. The molecule has 3 aromatic rings. The number of benzene rings is 2. The molecule has 38 heavy (non-hydrogen) atoms. The van der Waals surface area contributed by atoms with Gasteiger partial charge in [0.2, 0.25) is 0 Å². The summed E-state index contributed by atoms with van der Waals surface area (Å²) < 4.78 is 54.7. The summed E-state index contributed by atoms with van der Waals surface area (Å²) in [6.07, 6.45) is 2.50. The summed E-state index contributed by atoms with van der Waals surface area (Å²) in [6, 6.07) is 6.45. The van der Waals surface area contributed by atoms with Crippen molar-refractivity contribution in [3.05, 3.63) is 75.4 Å². The van der Waals surface area contributed by atoms with Gasteiger partial charge in [-0.3, -0.25) is 10.1 Å². The number of anilines is 1. The fraction of sp³-hybridized carbons (Fsp3) is 0.296. The first-order chi connectivity index (χ1) is 18.2. The van der Waals surface area contributed by atoms with Crippen LogP contribution in [-0.4, -0.2) is 41.8 Å². The van der Waals surface area contributed by atoms with Crippen molar-refractivity contribution in [1.29, 1.82) is 0 Å². The van der Waals surface area contributed by atoms with Crippen LogP contribution >= 0.6 is 11.3 Å². The first kappa shape index (κ1) is 29.0. The lowest BCUT2D eigenvalue weighted by molar-refractivity contribution is -0.132. The molecule has 0 aliphatic rings. The number of carboxylic acids is 1. The van der Waals surface area contributed by atoms with Gasteiger partial charge in [0.25, 0.3) is 5.91 Å².